The number of terminal acetylenes is 1. The van der Waals surface area contributed by atoms with Gasteiger partial charge in [-0.15, -0.1) is 6.42 Å². The maximum absolute atomic E-state index is 5.45. The van der Waals surface area contributed by atoms with Gasteiger partial charge in [0.2, 0.25) is 0 Å². The monoisotopic (exact) mass is 201 g/mol. The van der Waals surface area contributed by atoms with Crippen LogP contribution >= 0.6 is 0 Å². The van der Waals surface area contributed by atoms with Crippen molar-refractivity contribution < 1.29 is 0 Å². The van der Waals surface area contributed by atoms with Crippen molar-refractivity contribution >= 4 is 5.69 Å². The van der Waals surface area contributed by atoms with Crippen LogP contribution in [0.4, 0.5) is 5.69 Å². The third kappa shape index (κ3) is 2.53. The van der Waals surface area contributed by atoms with Crippen molar-refractivity contribution in [3.05, 3.63) is 29.3 Å². The summed E-state index contributed by atoms with van der Waals surface area (Å²) in [6.07, 6.45) is 6.45. The van der Waals surface area contributed by atoms with E-state index in [1.54, 1.807) is 0 Å². The Labute approximate surface area is 93.1 Å². The van der Waals surface area contributed by atoms with Crippen LogP contribution < -0.4 is 4.90 Å². The molecule has 0 aliphatic carbocycles. The zero-order valence-corrected chi connectivity index (χ0v) is 9.88. The number of nitrogens with zero attached hydrogens (tertiary/aromatic N) is 1. The first-order chi connectivity index (χ1) is 7.26. The Morgan fingerprint density at radius 3 is 2.33 bits per heavy atom. The SMILES string of the molecule is C#Cc1ccc(N(CC)CC)cc1CC. The number of benzene rings is 1. The average Bonchev–Trinajstić information content (AvgIpc) is 2.30. The lowest BCUT2D eigenvalue weighted by atomic mass is 10.0. The zero-order chi connectivity index (χ0) is 11.3. The Kier molecular flexibility index (Phi) is 4.24. The highest BCUT2D eigenvalue weighted by Crippen LogP contribution is 2.19. The molecule has 1 heteroatoms. The minimum absolute atomic E-state index is 0.995. The van der Waals surface area contributed by atoms with E-state index in [-0.39, 0.29) is 0 Å². The van der Waals surface area contributed by atoms with E-state index in [4.69, 9.17) is 6.42 Å². The maximum atomic E-state index is 5.45. The summed E-state index contributed by atoms with van der Waals surface area (Å²) in [6, 6.07) is 6.37. The molecule has 0 saturated carbocycles. The normalized spacial score (nSPS) is 9.73. The first-order valence-electron chi connectivity index (χ1n) is 5.61. The van der Waals surface area contributed by atoms with Gasteiger partial charge < -0.3 is 4.90 Å². The number of rotatable bonds is 4. The molecule has 0 unspecified atom stereocenters. The minimum atomic E-state index is 0.995. The highest BCUT2D eigenvalue weighted by Gasteiger charge is 2.04. The molecule has 1 aromatic carbocycles. The number of hydrogen-bond acceptors (Lipinski definition) is 1. The van der Waals surface area contributed by atoms with Crippen molar-refractivity contribution in [3.8, 4) is 12.3 Å². The van der Waals surface area contributed by atoms with E-state index in [1.165, 1.54) is 11.3 Å². The number of anilines is 1. The minimum Gasteiger partial charge on any atom is -0.372 e. The predicted molar refractivity (Wildman–Crippen MR) is 67.3 cm³/mol. The van der Waals surface area contributed by atoms with Gasteiger partial charge in [0.15, 0.2) is 0 Å². The van der Waals surface area contributed by atoms with Gasteiger partial charge in [-0.25, -0.2) is 0 Å². The predicted octanol–water partition coefficient (Wildman–Crippen LogP) is 3.08. The molecule has 0 atom stereocenters. The second-order valence-electron chi connectivity index (χ2n) is 3.51. The van der Waals surface area contributed by atoms with E-state index in [1.807, 2.05) is 6.07 Å². The summed E-state index contributed by atoms with van der Waals surface area (Å²) >= 11 is 0. The summed E-state index contributed by atoms with van der Waals surface area (Å²) in [5.74, 6) is 2.73. The molecule has 0 aliphatic heterocycles. The second kappa shape index (κ2) is 5.46. The van der Waals surface area contributed by atoms with Crippen LogP contribution in [0.1, 0.15) is 31.9 Å². The highest BCUT2D eigenvalue weighted by molar-refractivity contribution is 5.54. The van der Waals surface area contributed by atoms with Crippen LogP contribution in [0, 0.1) is 12.3 Å². The number of hydrogen-bond donors (Lipinski definition) is 0. The van der Waals surface area contributed by atoms with Crippen molar-refractivity contribution in [1.82, 2.24) is 0 Å². The smallest absolute Gasteiger partial charge is 0.0369 e. The first-order valence-corrected chi connectivity index (χ1v) is 5.61. The molecular weight excluding hydrogens is 182 g/mol. The second-order valence-corrected chi connectivity index (χ2v) is 3.51. The van der Waals surface area contributed by atoms with Crippen molar-refractivity contribution in [2.24, 2.45) is 0 Å². The molecule has 15 heavy (non-hydrogen) atoms. The summed E-state index contributed by atoms with van der Waals surface area (Å²) in [7, 11) is 0. The van der Waals surface area contributed by atoms with E-state index in [9.17, 15) is 0 Å². The fraction of sp³-hybridized carbons (Fsp3) is 0.429. The zero-order valence-electron chi connectivity index (χ0n) is 9.88. The Morgan fingerprint density at radius 2 is 1.87 bits per heavy atom. The molecule has 0 spiro atoms. The summed E-state index contributed by atoms with van der Waals surface area (Å²) < 4.78 is 0. The van der Waals surface area contributed by atoms with Gasteiger partial charge in [0.25, 0.3) is 0 Å². The molecule has 0 amide bonds. The van der Waals surface area contributed by atoms with Gasteiger partial charge in [-0.05, 0) is 44.0 Å². The topological polar surface area (TPSA) is 3.24 Å². The lowest BCUT2D eigenvalue weighted by Crippen LogP contribution is -2.21. The fourth-order valence-electron chi connectivity index (χ4n) is 1.80. The number of aryl methyl sites for hydroxylation is 1. The molecule has 0 aromatic heterocycles. The van der Waals surface area contributed by atoms with Crippen LogP contribution in [0.25, 0.3) is 0 Å². The Balaban J connectivity index is 3.08. The molecule has 1 rings (SSSR count). The van der Waals surface area contributed by atoms with E-state index in [2.05, 4.69) is 43.7 Å². The van der Waals surface area contributed by atoms with Crippen molar-refractivity contribution in [2.45, 2.75) is 27.2 Å². The fourth-order valence-corrected chi connectivity index (χ4v) is 1.80. The van der Waals surface area contributed by atoms with E-state index < -0.39 is 0 Å². The third-order valence-corrected chi connectivity index (χ3v) is 2.75. The van der Waals surface area contributed by atoms with Crippen LogP contribution in [0.5, 0.6) is 0 Å². The van der Waals surface area contributed by atoms with Crippen LogP contribution in [0.2, 0.25) is 0 Å². The molecule has 0 bridgehead atoms. The maximum Gasteiger partial charge on any atom is 0.0369 e. The molecular formula is C14H19N. The van der Waals surface area contributed by atoms with Crippen LogP contribution in [0.15, 0.2) is 18.2 Å². The summed E-state index contributed by atoms with van der Waals surface area (Å²) in [5.41, 5.74) is 3.56. The summed E-state index contributed by atoms with van der Waals surface area (Å²) in [4.78, 5) is 2.33. The largest absolute Gasteiger partial charge is 0.372 e. The Hall–Kier alpha value is -1.42. The van der Waals surface area contributed by atoms with E-state index >= 15 is 0 Å². The van der Waals surface area contributed by atoms with Gasteiger partial charge in [0.1, 0.15) is 0 Å². The Morgan fingerprint density at radius 1 is 1.20 bits per heavy atom. The van der Waals surface area contributed by atoms with Crippen LogP contribution in [-0.4, -0.2) is 13.1 Å². The molecule has 80 valence electrons. The van der Waals surface area contributed by atoms with Gasteiger partial charge in [0, 0.05) is 24.3 Å². The molecule has 1 aromatic rings. The molecule has 0 saturated heterocycles. The average molecular weight is 201 g/mol. The molecule has 0 fully saturated rings. The highest BCUT2D eigenvalue weighted by atomic mass is 15.1. The molecule has 0 heterocycles. The van der Waals surface area contributed by atoms with Crippen molar-refractivity contribution in [3.63, 3.8) is 0 Å². The molecule has 0 aliphatic rings. The third-order valence-electron chi connectivity index (χ3n) is 2.75. The van der Waals surface area contributed by atoms with Gasteiger partial charge in [0.05, 0.1) is 0 Å². The Bertz CT molecular complexity index is 356. The molecule has 1 nitrogen and oxygen atoms in total. The van der Waals surface area contributed by atoms with Crippen LogP contribution in [-0.2, 0) is 6.42 Å². The van der Waals surface area contributed by atoms with Crippen LogP contribution in [0.3, 0.4) is 0 Å². The van der Waals surface area contributed by atoms with Gasteiger partial charge in [-0.1, -0.05) is 12.8 Å². The quantitative estimate of drug-likeness (QED) is 0.677. The van der Waals surface area contributed by atoms with E-state index in [0.717, 1.165) is 25.1 Å². The van der Waals surface area contributed by atoms with Gasteiger partial charge in [-0.3, -0.25) is 0 Å². The lowest BCUT2D eigenvalue weighted by molar-refractivity contribution is 0.864. The summed E-state index contributed by atoms with van der Waals surface area (Å²) in [5, 5.41) is 0. The lowest BCUT2D eigenvalue weighted by Gasteiger charge is -2.22. The summed E-state index contributed by atoms with van der Waals surface area (Å²) in [6.45, 7) is 8.56. The van der Waals surface area contributed by atoms with Crippen molar-refractivity contribution in [1.29, 1.82) is 0 Å². The molecule has 0 N–H and O–H groups in total. The van der Waals surface area contributed by atoms with Crippen molar-refractivity contribution in [2.75, 3.05) is 18.0 Å². The van der Waals surface area contributed by atoms with E-state index in [0.29, 0.717) is 0 Å². The standard InChI is InChI=1S/C14H19N/c1-5-12-9-10-14(11-13(12)6-2)15(7-3)8-4/h1,9-11H,6-8H2,2-4H3. The molecule has 0 radical (unpaired) electrons. The van der Waals surface area contributed by atoms with Gasteiger partial charge in [-0.2, -0.15) is 0 Å². The first kappa shape index (κ1) is 11.7. The van der Waals surface area contributed by atoms with Gasteiger partial charge >= 0.3 is 0 Å².